The highest BCUT2D eigenvalue weighted by molar-refractivity contribution is 7.92. The molecule has 182 valence electrons. The molecule has 0 radical (unpaired) electrons. The third-order valence-electron chi connectivity index (χ3n) is 5.13. The van der Waals surface area contributed by atoms with Crippen molar-refractivity contribution in [1.82, 2.24) is 0 Å². The van der Waals surface area contributed by atoms with Crippen LogP contribution < -0.4 is 19.5 Å². The number of benzene rings is 3. The number of halogens is 2. The number of anilines is 2. The first kappa shape index (κ1) is 24.6. The van der Waals surface area contributed by atoms with Gasteiger partial charge in [0.2, 0.25) is 5.91 Å². The maximum atomic E-state index is 13.2. The van der Waals surface area contributed by atoms with E-state index >= 15 is 0 Å². The normalized spacial score (nSPS) is 12.6. The van der Waals surface area contributed by atoms with Crippen molar-refractivity contribution in [3.8, 4) is 17.2 Å². The average Bonchev–Trinajstić information content (AvgIpc) is 3.18. The van der Waals surface area contributed by atoms with Gasteiger partial charge in [-0.2, -0.15) is 0 Å². The van der Waals surface area contributed by atoms with Crippen molar-refractivity contribution in [2.75, 3.05) is 17.1 Å². The topological polar surface area (TPSA) is 131 Å². The Morgan fingerprint density at radius 3 is 2.49 bits per heavy atom. The fraction of sp³-hybridized carbons (Fsp3) is 0.130. The van der Waals surface area contributed by atoms with Gasteiger partial charge in [-0.1, -0.05) is 29.3 Å². The molecule has 3 aromatic carbocycles. The Balaban J connectivity index is 1.76. The number of ether oxygens (including phenoxy) is 2. The highest BCUT2D eigenvalue weighted by Crippen LogP contribution is 2.43. The second kappa shape index (κ2) is 9.65. The number of amides is 1. The molecule has 1 amide bonds. The zero-order valence-corrected chi connectivity index (χ0v) is 20.4. The molecular formula is C23H18Cl2N2O7S. The predicted octanol–water partition coefficient (Wildman–Crippen LogP) is 4.72. The SMILES string of the molecule is COc1cc(CC(=O)O)ccc1Oc1ccc2c(c1NS(=O)(=O)c1ccc(Cl)c(Cl)c1)CC(=O)N2. The Labute approximate surface area is 210 Å². The maximum Gasteiger partial charge on any atom is 0.307 e. The van der Waals surface area contributed by atoms with E-state index in [1.54, 1.807) is 12.1 Å². The Bertz CT molecular complexity index is 1460. The summed E-state index contributed by atoms with van der Waals surface area (Å²) >= 11 is 11.9. The molecule has 0 aromatic heterocycles. The van der Waals surface area contributed by atoms with Crippen LogP contribution >= 0.6 is 23.2 Å². The molecule has 0 saturated carbocycles. The zero-order chi connectivity index (χ0) is 25.3. The molecule has 35 heavy (non-hydrogen) atoms. The van der Waals surface area contributed by atoms with Crippen molar-refractivity contribution in [2.45, 2.75) is 17.7 Å². The van der Waals surface area contributed by atoms with E-state index in [2.05, 4.69) is 10.0 Å². The van der Waals surface area contributed by atoms with E-state index in [-0.39, 0.29) is 56.6 Å². The van der Waals surface area contributed by atoms with Crippen LogP contribution in [0, 0.1) is 0 Å². The van der Waals surface area contributed by atoms with Gasteiger partial charge in [-0.15, -0.1) is 0 Å². The lowest BCUT2D eigenvalue weighted by molar-refractivity contribution is -0.136. The average molecular weight is 537 g/mol. The van der Waals surface area contributed by atoms with Crippen molar-refractivity contribution in [3.63, 3.8) is 0 Å². The summed E-state index contributed by atoms with van der Waals surface area (Å²) in [6.07, 6.45) is -0.279. The van der Waals surface area contributed by atoms with Gasteiger partial charge in [0.05, 0.1) is 40.6 Å². The number of hydrogen-bond acceptors (Lipinski definition) is 6. The van der Waals surface area contributed by atoms with Crippen LogP contribution in [0.15, 0.2) is 53.4 Å². The smallest absolute Gasteiger partial charge is 0.307 e. The standard InChI is InChI=1S/C23H18Cl2N2O7S/c1-33-20-8-12(9-22(29)30)2-6-18(20)34-19-7-5-17-14(11-21(28)26-17)23(19)27-35(31,32)13-3-4-15(24)16(25)10-13/h2-8,10,27H,9,11H2,1H3,(H,26,28)(H,29,30). The highest BCUT2D eigenvalue weighted by Gasteiger charge is 2.28. The first-order chi connectivity index (χ1) is 16.6. The molecule has 0 atom stereocenters. The third-order valence-corrected chi connectivity index (χ3v) is 7.21. The summed E-state index contributed by atoms with van der Waals surface area (Å²) in [4.78, 5) is 22.9. The quantitative estimate of drug-likeness (QED) is 0.379. The Kier molecular flexibility index (Phi) is 6.79. The lowest BCUT2D eigenvalue weighted by Crippen LogP contribution is -2.15. The largest absolute Gasteiger partial charge is 0.493 e. The van der Waals surface area contributed by atoms with Crippen LogP contribution in [-0.2, 0) is 32.5 Å². The molecule has 0 fully saturated rings. The number of carboxylic acid groups (broad SMARTS) is 1. The summed E-state index contributed by atoms with van der Waals surface area (Å²) in [6, 6.07) is 11.6. The minimum absolute atomic E-state index is 0.0589. The van der Waals surface area contributed by atoms with Gasteiger partial charge in [-0.25, -0.2) is 8.42 Å². The number of carbonyl (C=O) groups excluding carboxylic acids is 1. The molecule has 3 N–H and O–H groups in total. The van der Waals surface area contributed by atoms with Crippen molar-refractivity contribution in [1.29, 1.82) is 0 Å². The van der Waals surface area contributed by atoms with Gasteiger partial charge < -0.3 is 19.9 Å². The number of nitrogens with one attached hydrogen (secondary N) is 2. The van der Waals surface area contributed by atoms with E-state index in [0.29, 0.717) is 16.8 Å². The summed E-state index contributed by atoms with van der Waals surface area (Å²) in [5.74, 6) is -0.739. The summed E-state index contributed by atoms with van der Waals surface area (Å²) in [5.41, 5.74) is 1.39. The molecule has 0 unspecified atom stereocenters. The fourth-order valence-corrected chi connectivity index (χ4v) is 5.01. The molecular weight excluding hydrogens is 519 g/mol. The van der Waals surface area contributed by atoms with E-state index < -0.39 is 16.0 Å². The third kappa shape index (κ3) is 5.29. The fourth-order valence-electron chi connectivity index (χ4n) is 3.52. The van der Waals surface area contributed by atoms with Gasteiger partial charge in [0, 0.05) is 11.3 Å². The van der Waals surface area contributed by atoms with Gasteiger partial charge in [0.25, 0.3) is 10.0 Å². The number of rotatable bonds is 8. The van der Waals surface area contributed by atoms with Crippen molar-refractivity contribution >= 4 is 56.5 Å². The van der Waals surface area contributed by atoms with Gasteiger partial charge in [0.15, 0.2) is 17.2 Å². The second-order valence-corrected chi connectivity index (χ2v) is 10.0. The molecule has 0 saturated heterocycles. The molecule has 1 aliphatic rings. The second-order valence-electron chi connectivity index (χ2n) is 7.53. The zero-order valence-electron chi connectivity index (χ0n) is 18.1. The van der Waals surface area contributed by atoms with E-state index in [0.717, 1.165) is 0 Å². The van der Waals surface area contributed by atoms with Crippen LogP contribution in [-0.4, -0.2) is 32.5 Å². The Morgan fingerprint density at radius 2 is 1.80 bits per heavy atom. The molecule has 0 spiro atoms. The highest BCUT2D eigenvalue weighted by atomic mass is 35.5. The first-order valence-electron chi connectivity index (χ1n) is 10.1. The number of sulfonamides is 1. The van der Waals surface area contributed by atoms with Crippen LogP contribution in [0.1, 0.15) is 11.1 Å². The summed E-state index contributed by atoms with van der Waals surface area (Å²) in [5, 5.41) is 12.0. The lowest BCUT2D eigenvalue weighted by atomic mass is 10.1. The van der Waals surface area contributed by atoms with Crippen molar-refractivity contribution in [2.24, 2.45) is 0 Å². The van der Waals surface area contributed by atoms with Crippen LogP contribution in [0.5, 0.6) is 17.2 Å². The van der Waals surface area contributed by atoms with Crippen LogP contribution in [0.3, 0.4) is 0 Å². The minimum Gasteiger partial charge on any atom is -0.493 e. The molecule has 12 heteroatoms. The van der Waals surface area contributed by atoms with E-state index in [4.69, 9.17) is 37.8 Å². The first-order valence-corrected chi connectivity index (χ1v) is 12.3. The molecule has 1 heterocycles. The van der Waals surface area contributed by atoms with Crippen molar-refractivity contribution < 1.29 is 32.6 Å². The molecule has 4 rings (SSSR count). The van der Waals surface area contributed by atoms with Crippen LogP contribution in [0.25, 0.3) is 0 Å². The number of aliphatic carboxylic acids is 1. The van der Waals surface area contributed by atoms with E-state index in [1.807, 2.05) is 0 Å². The number of carbonyl (C=O) groups is 2. The number of fused-ring (bicyclic) bond motifs is 1. The molecule has 3 aromatic rings. The molecule has 0 aliphatic carbocycles. The number of methoxy groups -OCH3 is 1. The van der Waals surface area contributed by atoms with E-state index in [1.165, 1.54) is 43.5 Å². The lowest BCUT2D eigenvalue weighted by Gasteiger charge is -2.18. The maximum absolute atomic E-state index is 13.2. The van der Waals surface area contributed by atoms with Crippen LogP contribution in [0.2, 0.25) is 10.0 Å². The Hall–Kier alpha value is -3.47. The van der Waals surface area contributed by atoms with Gasteiger partial charge >= 0.3 is 5.97 Å². The van der Waals surface area contributed by atoms with Gasteiger partial charge in [-0.3, -0.25) is 14.3 Å². The van der Waals surface area contributed by atoms with Gasteiger partial charge in [-0.05, 0) is 48.0 Å². The molecule has 9 nitrogen and oxygen atoms in total. The monoisotopic (exact) mass is 536 g/mol. The van der Waals surface area contributed by atoms with Gasteiger partial charge in [0.1, 0.15) is 0 Å². The Morgan fingerprint density at radius 1 is 1.06 bits per heavy atom. The molecule has 1 aliphatic heterocycles. The summed E-state index contributed by atoms with van der Waals surface area (Å²) in [7, 11) is -2.76. The number of carboxylic acids is 1. The number of hydrogen-bond donors (Lipinski definition) is 3. The predicted molar refractivity (Wildman–Crippen MR) is 130 cm³/mol. The van der Waals surface area contributed by atoms with Crippen molar-refractivity contribution in [3.05, 3.63) is 69.7 Å². The minimum atomic E-state index is -4.15. The van der Waals surface area contributed by atoms with E-state index in [9.17, 15) is 18.0 Å². The van der Waals surface area contributed by atoms with Crippen LogP contribution in [0.4, 0.5) is 11.4 Å². The summed E-state index contributed by atoms with van der Waals surface area (Å²) in [6.45, 7) is 0. The summed E-state index contributed by atoms with van der Waals surface area (Å²) < 4.78 is 40.2. The molecule has 0 bridgehead atoms.